The van der Waals surface area contributed by atoms with Gasteiger partial charge in [-0.15, -0.1) is 0 Å². The fourth-order valence-corrected chi connectivity index (χ4v) is 1.38. The van der Waals surface area contributed by atoms with E-state index in [0.29, 0.717) is 0 Å². The molecule has 0 unspecified atom stereocenters. The summed E-state index contributed by atoms with van der Waals surface area (Å²) >= 11 is 0. The average molecular weight is 193 g/mol. The van der Waals surface area contributed by atoms with Crippen LogP contribution < -0.4 is 0 Å². The Kier molecular flexibility index (Phi) is 8.01. The van der Waals surface area contributed by atoms with Crippen molar-refractivity contribution in [2.45, 2.75) is 33.6 Å². The van der Waals surface area contributed by atoms with Gasteiger partial charge in [0.15, 0.2) is 0 Å². The van der Waals surface area contributed by atoms with Crippen LogP contribution in [0.15, 0.2) is 36.6 Å². The first-order chi connectivity index (χ1) is 6.76. The van der Waals surface area contributed by atoms with E-state index in [4.69, 9.17) is 0 Å². The topological polar surface area (TPSA) is 3.24 Å². The third-order valence-electron chi connectivity index (χ3n) is 2.07. The highest BCUT2D eigenvalue weighted by Crippen LogP contribution is 2.05. The molecule has 1 nitrogen and oxygen atoms in total. The molecule has 0 aliphatic heterocycles. The van der Waals surface area contributed by atoms with Crippen molar-refractivity contribution < 1.29 is 0 Å². The van der Waals surface area contributed by atoms with Crippen molar-refractivity contribution in [2.24, 2.45) is 0 Å². The van der Waals surface area contributed by atoms with Crippen molar-refractivity contribution in [1.82, 2.24) is 4.90 Å². The van der Waals surface area contributed by atoms with E-state index in [9.17, 15) is 0 Å². The minimum atomic E-state index is 1.15. The number of hydrogen-bond donors (Lipinski definition) is 0. The van der Waals surface area contributed by atoms with Crippen LogP contribution in [-0.4, -0.2) is 18.0 Å². The van der Waals surface area contributed by atoms with Gasteiger partial charge in [-0.3, -0.25) is 0 Å². The van der Waals surface area contributed by atoms with Crippen molar-refractivity contribution in [3.8, 4) is 0 Å². The predicted molar refractivity (Wildman–Crippen MR) is 65.2 cm³/mol. The second-order valence-corrected chi connectivity index (χ2v) is 3.42. The zero-order valence-electron chi connectivity index (χ0n) is 9.79. The molecular formula is C13H23N. The van der Waals surface area contributed by atoms with Crippen LogP contribution in [0.3, 0.4) is 0 Å². The van der Waals surface area contributed by atoms with Gasteiger partial charge >= 0.3 is 0 Å². The van der Waals surface area contributed by atoms with Crippen LogP contribution in [0, 0.1) is 0 Å². The largest absolute Gasteiger partial charge is 0.375 e. The molecule has 0 rings (SSSR count). The Bertz CT molecular complexity index is 195. The Morgan fingerprint density at radius 2 is 1.71 bits per heavy atom. The predicted octanol–water partition coefficient (Wildman–Crippen LogP) is 3.75. The van der Waals surface area contributed by atoms with Gasteiger partial charge in [-0.05, 0) is 25.8 Å². The fourth-order valence-electron chi connectivity index (χ4n) is 1.38. The van der Waals surface area contributed by atoms with Crippen molar-refractivity contribution >= 4 is 0 Å². The Balaban J connectivity index is 4.24. The Morgan fingerprint density at radius 1 is 1.14 bits per heavy atom. The Morgan fingerprint density at radius 3 is 2.14 bits per heavy atom. The summed E-state index contributed by atoms with van der Waals surface area (Å²) < 4.78 is 0. The second-order valence-electron chi connectivity index (χ2n) is 3.42. The molecule has 0 aliphatic carbocycles. The summed E-state index contributed by atoms with van der Waals surface area (Å²) in [5, 5.41) is 0. The van der Waals surface area contributed by atoms with Crippen LogP contribution >= 0.6 is 0 Å². The van der Waals surface area contributed by atoms with Gasteiger partial charge in [0.2, 0.25) is 0 Å². The Labute approximate surface area is 88.8 Å². The van der Waals surface area contributed by atoms with Gasteiger partial charge in [0.1, 0.15) is 0 Å². The number of hydrogen-bond acceptors (Lipinski definition) is 1. The van der Waals surface area contributed by atoms with E-state index in [0.717, 1.165) is 13.1 Å². The highest BCUT2D eigenvalue weighted by Gasteiger charge is 2.00. The number of rotatable bonds is 7. The van der Waals surface area contributed by atoms with E-state index in [2.05, 4.69) is 38.3 Å². The van der Waals surface area contributed by atoms with E-state index in [1.54, 1.807) is 6.08 Å². The summed E-state index contributed by atoms with van der Waals surface area (Å²) in [6.07, 6.45) is 10.4. The van der Waals surface area contributed by atoms with E-state index >= 15 is 0 Å². The lowest BCUT2D eigenvalue weighted by atomic mass is 10.3. The van der Waals surface area contributed by atoms with Crippen molar-refractivity contribution in [3.05, 3.63) is 36.6 Å². The molecule has 0 heterocycles. The first kappa shape index (κ1) is 13.0. The van der Waals surface area contributed by atoms with Gasteiger partial charge < -0.3 is 4.90 Å². The lowest BCUT2D eigenvalue weighted by molar-refractivity contribution is 0.345. The molecule has 0 spiro atoms. The molecule has 14 heavy (non-hydrogen) atoms. The molecule has 0 amide bonds. The van der Waals surface area contributed by atoms with E-state index in [-0.39, 0.29) is 0 Å². The first-order valence-electron chi connectivity index (χ1n) is 5.47. The second kappa shape index (κ2) is 8.61. The van der Waals surface area contributed by atoms with Crippen LogP contribution in [-0.2, 0) is 0 Å². The van der Waals surface area contributed by atoms with Gasteiger partial charge in [-0.2, -0.15) is 0 Å². The SMILES string of the molecule is C=C/C=C\C=C(/C)N(CCC)CCC. The molecule has 0 bridgehead atoms. The molecule has 0 aromatic rings. The normalized spacial score (nSPS) is 12.1. The molecule has 0 radical (unpaired) electrons. The van der Waals surface area contributed by atoms with Crippen molar-refractivity contribution in [3.63, 3.8) is 0 Å². The maximum absolute atomic E-state index is 3.65. The van der Waals surface area contributed by atoms with Gasteiger partial charge in [0.05, 0.1) is 0 Å². The molecule has 0 saturated carbocycles. The fraction of sp³-hybridized carbons (Fsp3) is 0.538. The minimum absolute atomic E-state index is 1.15. The van der Waals surface area contributed by atoms with Gasteiger partial charge in [-0.25, -0.2) is 0 Å². The van der Waals surface area contributed by atoms with Gasteiger partial charge in [0.25, 0.3) is 0 Å². The minimum Gasteiger partial charge on any atom is -0.375 e. The van der Waals surface area contributed by atoms with E-state index in [1.165, 1.54) is 18.5 Å². The highest BCUT2D eigenvalue weighted by atomic mass is 15.1. The maximum atomic E-state index is 3.65. The van der Waals surface area contributed by atoms with Crippen LogP contribution in [0.2, 0.25) is 0 Å². The van der Waals surface area contributed by atoms with Crippen molar-refractivity contribution in [2.75, 3.05) is 13.1 Å². The van der Waals surface area contributed by atoms with Crippen molar-refractivity contribution in [1.29, 1.82) is 0 Å². The van der Waals surface area contributed by atoms with E-state index < -0.39 is 0 Å². The average Bonchev–Trinajstić information content (AvgIpc) is 2.18. The summed E-state index contributed by atoms with van der Waals surface area (Å²) in [7, 11) is 0. The smallest absolute Gasteiger partial charge is 0.0172 e. The molecule has 0 aliphatic rings. The molecule has 80 valence electrons. The first-order valence-corrected chi connectivity index (χ1v) is 5.47. The lowest BCUT2D eigenvalue weighted by Gasteiger charge is -2.24. The lowest BCUT2D eigenvalue weighted by Crippen LogP contribution is -2.23. The highest BCUT2D eigenvalue weighted by molar-refractivity contribution is 5.13. The molecule has 0 aromatic heterocycles. The number of nitrogens with zero attached hydrogens (tertiary/aromatic N) is 1. The molecule has 1 heteroatoms. The molecule has 0 atom stereocenters. The summed E-state index contributed by atoms with van der Waals surface area (Å²) in [6, 6.07) is 0. The van der Waals surface area contributed by atoms with Gasteiger partial charge in [-0.1, -0.05) is 38.7 Å². The summed E-state index contributed by atoms with van der Waals surface area (Å²) in [6.45, 7) is 12.5. The van der Waals surface area contributed by atoms with Crippen LogP contribution in [0.4, 0.5) is 0 Å². The Hall–Kier alpha value is -0.980. The monoisotopic (exact) mass is 193 g/mol. The molecule has 0 N–H and O–H groups in total. The maximum Gasteiger partial charge on any atom is 0.0172 e. The third kappa shape index (κ3) is 5.63. The molecular weight excluding hydrogens is 170 g/mol. The van der Waals surface area contributed by atoms with Gasteiger partial charge in [0, 0.05) is 18.8 Å². The summed E-state index contributed by atoms with van der Waals surface area (Å²) in [5.41, 5.74) is 1.34. The standard InChI is InChI=1S/C13H23N/c1-5-8-9-10-13(4)14(11-6-2)12-7-3/h5,8-10H,1,6-7,11-12H2,2-4H3/b9-8-,13-10+. The van der Waals surface area contributed by atoms with Crippen LogP contribution in [0.1, 0.15) is 33.6 Å². The summed E-state index contributed by atoms with van der Waals surface area (Å²) in [5.74, 6) is 0. The zero-order chi connectivity index (χ0) is 10.8. The molecule has 0 saturated heterocycles. The van der Waals surface area contributed by atoms with E-state index in [1.807, 2.05) is 12.2 Å². The number of allylic oxidation sites excluding steroid dienone is 5. The molecule has 0 aromatic carbocycles. The quantitative estimate of drug-likeness (QED) is 0.556. The van der Waals surface area contributed by atoms with Crippen LogP contribution in [0.25, 0.3) is 0 Å². The third-order valence-corrected chi connectivity index (χ3v) is 2.07. The summed E-state index contributed by atoms with van der Waals surface area (Å²) in [4.78, 5) is 2.42. The zero-order valence-corrected chi connectivity index (χ0v) is 9.79. The molecule has 0 fully saturated rings. The van der Waals surface area contributed by atoms with Crippen LogP contribution in [0.5, 0.6) is 0 Å².